The Hall–Kier alpha value is -3.70. The van der Waals surface area contributed by atoms with E-state index in [0.717, 1.165) is 15.9 Å². The maximum absolute atomic E-state index is 13.5. The number of aryl methyl sites for hydroxylation is 2. The van der Waals surface area contributed by atoms with Gasteiger partial charge in [0.15, 0.2) is 11.7 Å². The summed E-state index contributed by atoms with van der Waals surface area (Å²) in [5.41, 5.74) is 3.44. The van der Waals surface area contributed by atoms with Crippen molar-refractivity contribution in [3.63, 3.8) is 0 Å². The van der Waals surface area contributed by atoms with Crippen molar-refractivity contribution < 1.29 is 18.0 Å². The molecule has 5 heterocycles. The molecule has 0 saturated carbocycles. The minimum absolute atomic E-state index is 0.0897. The normalized spacial score (nSPS) is 16.4. The van der Waals surface area contributed by atoms with Crippen LogP contribution in [0.2, 0.25) is 0 Å². The van der Waals surface area contributed by atoms with Crippen LogP contribution in [0.15, 0.2) is 30.7 Å². The molecule has 1 aliphatic rings. The van der Waals surface area contributed by atoms with E-state index >= 15 is 0 Å². The molecule has 9 nitrogen and oxygen atoms in total. The van der Waals surface area contributed by atoms with Gasteiger partial charge < -0.3 is 0 Å². The maximum atomic E-state index is 13.5. The van der Waals surface area contributed by atoms with E-state index in [1.165, 1.54) is 17.2 Å². The maximum Gasteiger partial charge on any atom is 0.410 e. The van der Waals surface area contributed by atoms with Gasteiger partial charge in [-0.1, -0.05) is 0 Å². The highest BCUT2D eigenvalue weighted by Gasteiger charge is 2.46. The molecule has 0 bridgehead atoms. The molecule has 5 rings (SSSR count). The van der Waals surface area contributed by atoms with Crippen molar-refractivity contribution in [1.29, 1.82) is 0 Å². The number of fused-ring (bicyclic) bond motifs is 2. The largest absolute Gasteiger partial charge is 0.410 e. The second-order valence-electron chi connectivity index (χ2n) is 7.97. The molecule has 12 heteroatoms. The number of alkyl halides is 3. The van der Waals surface area contributed by atoms with Crippen LogP contribution >= 0.6 is 0 Å². The van der Waals surface area contributed by atoms with Crippen LogP contribution in [-0.2, 0) is 6.54 Å². The van der Waals surface area contributed by atoms with Gasteiger partial charge in [0, 0.05) is 36.6 Å². The third-order valence-electron chi connectivity index (χ3n) is 5.97. The van der Waals surface area contributed by atoms with E-state index in [9.17, 15) is 18.0 Å². The monoisotopic (exact) mass is 458 g/mol. The summed E-state index contributed by atoms with van der Waals surface area (Å²) in [7, 11) is 0. The van der Waals surface area contributed by atoms with Gasteiger partial charge in [0.2, 0.25) is 0 Å². The average Bonchev–Trinajstić information content (AvgIpc) is 3.47. The third-order valence-corrected chi connectivity index (χ3v) is 5.97. The van der Waals surface area contributed by atoms with Gasteiger partial charge in [0.05, 0.1) is 23.8 Å². The lowest BCUT2D eigenvalue weighted by molar-refractivity contribution is -0.172. The lowest BCUT2D eigenvalue weighted by Crippen LogP contribution is -2.43. The molecular weight excluding hydrogens is 437 g/mol. The molecule has 0 unspecified atom stereocenters. The first-order chi connectivity index (χ1) is 15.7. The van der Waals surface area contributed by atoms with Crippen LogP contribution in [0.25, 0.3) is 16.9 Å². The highest BCUT2D eigenvalue weighted by Crippen LogP contribution is 2.40. The Labute approximate surface area is 186 Å². The number of carbonyl (C=O) groups excluding carboxylic acids is 1. The summed E-state index contributed by atoms with van der Waals surface area (Å²) in [5, 5.41) is 12.7. The van der Waals surface area contributed by atoms with Crippen LogP contribution in [0.3, 0.4) is 0 Å². The van der Waals surface area contributed by atoms with E-state index in [2.05, 4.69) is 20.3 Å². The summed E-state index contributed by atoms with van der Waals surface area (Å²) in [6, 6.07) is 1.51. The minimum Gasteiger partial charge on any atom is -0.293 e. The summed E-state index contributed by atoms with van der Waals surface area (Å²) in [5.74, 6) is -0.362. The van der Waals surface area contributed by atoms with E-state index in [1.54, 1.807) is 29.9 Å². The highest BCUT2D eigenvalue weighted by molar-refractivity contribution is 6.09. The molecule has 1 amide bonds. The Kier molecular flexibility index (Phi) is 4.76. The first-order valence-corrected chi connectivity index (χ1v) is 10.5. The Balaban J connectivity index is 1.57. The van der Waals surface area contributed by atoms with Gasteiger partial charge in [0.25, 0.3) is 5.91 Å². The lowest BCUT2D eigenvalue weighted by atomic mass is 10.1. The fourth-order valence-corrected chi connectivity index (χ4v) is 4.34. The number of rotatable bonds is 3. The molecule has 0 aliphatic carbocycles. The average molecular weight is 458 g/mol. The van der Waals surface area contributed by atoms with Crippen molar-refractivity contribution >= 4 is 17.4 Å². The Morgan fingerprint density at radius 3 is 2.70 bits per heavy atom. The van der Waals surface area contributed by atoms with Gasteiger partial charge in [-0.05, 0) is 33.3 Å². The quantitative estimate of drug-likeness (QED) is 0.469. The Morgan fingerprint density at radius 1 is 1.21 bits per heavy atom. The molecule has 0 saturated heterocycles. The van der Waals surface area contributed by atoms with E-state index in [4.69, 9.17) is 0 Å². The van der Waals surface area contributed by atoms with Gasteiger partial charge in [0.1, 0.15) is 11.4 Å². The fraction of sp³-hybridized carbons (Fsp3) is 0.381. The molecule has 1 atom stereocenters. The molecule has 33 heavy (non-hydrogen) atoms. The molecule has 0 aromatic carbocycles. The van der Waals surface area contributed by atoms with Crippen LogP contribution in [0.5, 0.6) is 0 Å². The van der Waals surface area contributed by atoms with Crippen LogP contribution in [0, 0.1) is 13.8 Å². The number of hydrogen-bond donors (Lipinski definition) is 0. The first-order valence-electron chi connectivity index (χ1n) is 10.5. The molecule has 0 radical (unpaired) electrons. The Morgan fingerprint density at radius 2 is 2.00 bits per heavy atom. The second-order valence-corrected chi connectivity index (χ2v) is 7.97. The molecule has 4 aromatic rings. The van der Waals surface area contributed by atoms with Crippen molar-refractivity contribution in [1.82, 2.24) is 34.2 Å². The highest BCUT2D eigenvalue weighted by atomic mass is 19.4. The predicted octanol–water partition coefficient (Wildman–Crippen LogP) is 3.58. The van der Waals surface area contributed by atoms with Crippen molar-refractivity contribution in [2.75, 3.05) is 11.4 Å². The van der Waals surface area contributed by atoms with Crippen molar-refractivity contribution in [2.24, 2.45) is 0 Å². The predicted molar refractivity (Wildman–Crippen MR) is 113 cm³/mol. The SMILES string of the molecule is CCn1ncc(-c2ccnc3c(C(=O)N4CC[C@H](C(F)(F)F)n5nc(C)cc54)cnn23)c1C. The molecule has 1 aliphatic heterocycles. The zero-order chi connectivity index (χ0) is 23.5. The van der Waals surface area contributed by atoms with E-state index < -0.39 is 18.1 Å². The van der Waals surface area contributed by atoms with Crippen molar-refractivity contribution in [3.8, 4) is 11.3 Å². The second kappa shape index (κ2) is 7.42. The number of amides is 1. The fourth-order valence-electron chi connectivity index (χ4n) is 4.34. The van der Waals surface area contributed by atoms with Gasteiger partial charge in [-0.15, -0.1) is 0 Å². The minimum atomic E-state index is -4.45. The summed E-state index contributed by atoms with van der Waals surface area (Å²) in [6.07, 6.45) is -0.0199. The summed E-state index contributed by atoms with van der Waals surface area (Å²) >= 11 is 0. The van der Waals surface area contributed by atoms with Gasteiger partial charge >= 0.3 is 6.18 Å². The van der Waals surface area contributed by atoms with E-state index in [0.29, 0.717) is 23.6 Å². The molecular formula is C21H21F3N8O. The number of carbonyl (C=O) groups is 1. The third kappa shape index (κ3) is 3.28. The summed E-state index contributed by atoms with van der Waals surface area (Å²) in [4.78, 5) is 19.1. The molecule has 4 aromatic heterocycles. The van der Waals surface area contributed by atoms with Crippen LogP contribution < -0.4 is 4.90 Å². The van der Waals surface area contributed by atoms with Gasteiger partial charge in [-0.2, -0.15) is 28.5 Å². The number of hydrogen-bond acceptors (Lipinski definition) is 5. The van der Waals surface area contributed by atoms with E-state index in [1.807, 2.05) is 18.5 Å². The standard InChI is InChI=1S/C21H21F3N8O/c1-4-30-13(3)14(10-26-30)16-5-7-25-19-15(11-27-31(16)19)20(33)29-8-6-17(21(22,23)24)32-18(29)9-12(2)28-32/h5,7,9-11,17H,4,6,8H2,1-3H3/t17-/m1/s1. The van der Waals surface area contributed by atoms with E-state index in [-0.39, 0.29) is 24.3 Å². The molecule has 172 valence electrons. The Bertz CT molecular complexity index is 1370. The topological polar surface area (TPSA) is 86.1 Å². The van der Waals surface area contributed by atoms with Crippen LogP contribution in [0.1, 0.15) is 41.1 Å². The number of halogens is 3. The van der Waals surface area contributed by atoms with Crippen molar-refractivity contribution in [3.05, 3.63) is 47.7 Å². The summed E-state index contributed by atoms with van der Waals surface area (Å²) in [6.45, 7) is 6.16. The molecule has 0 N–H and O–H groups in total. The van der Waals surface area contributed by atoms with Gasteiger partial charge in [-0.25, -0.2) is 14.2 Å². The smallest absolute Gasteiger partial charge is 0.293 e. The molecule has 0 fully saturated rings. The molecule has 0 spiro atoms. The van der Waals surface area contributed by atoms with Crippen LogP contribution in [0.4, 0.5) is 19.0 Å². The number of nitrogens with zero attached hydrogens (tertiary/aromatic N) is 8. The number of aromatic nitrogens is 7. The zero-order valence-corrected chi connectivity index (χ0v) is 18.2. The van der Waals surface area contributed by atoms with Gasteiger partial charge in [-0.3, -0.25) is 14.4 Å². The van der Waals surface area contributed by atoms with Crippen molar-refractivity contribution in [2.45, 2.75) is 46.0 Å². The number of anilines is 1. The zero-order valence-electron chi connectivity index (χ0n) is 18.2. The van der Waals surface area contributed by atoms with Crippen LogP contribution in [-0.4, -0.2) is 52.8 Å². The summed E-state index contributed by atoms with van der Waals surface area (Å²) < 4.78 is 44.8. The first kappa shape index (κ1) is 21.2. The lowest BCUT2D eigenvalue weighted by Gasteiger charge is -2.33.